The fourth-order valence-corrected chi connectivity index (χ4v) is 1.10. The lowest BCUT2D eigenvalue weighted by atomic mass is 10.3. The minimum absolute atomic E-state index is 0. The van der Waals surface area contributed by atoms with Crippen LogP contribution in [-0.2, 0) is 0 Å². The number of benzene rings is 1. The van der Waals surface area contributed by atoms with E-state index in [4.69, 9.17) is 0 Å². The van der Waals surface area contributed by atoms with Gasteiger partial charge in [-0.05, 0) is 12.1 Å². The molecule has 1 aromatic carbocycles. The highest BCUT2D eigenvalue weighted by atomic mass is 16.1. The number of hydrogen-bond donors (Lipinski definition) is 1. The van der Waals surface area contributed by atoms with Gasteiger partial charge in [-0.3, -0.25) is 9.89 Å². The third-order valence-corrected chi connectivity index (χ3v) is 1.66. The van der Waals surface area contributed by atoms with Crippen molar-refractivity contribution in [3.05, 3.63) is 52.9 Å². The summed E-state index contributed by atoms with van der Waals surface area (Å²) >= 11 is 0. The summed E-state index contributed by atoms with van der Waals surface area (Å²) in [6.45, 7) is 0. The summed E-state index contributed by atoms with van der Waals surface area (Å²) in [7, 11) is 0. The second-order valence-electron chi connectivity index (χ2n) is 2.47. The molecule has 0 amide bonds. The topological polar surface area (TPSA) is 69.3 Å². The normalized spacial score (nSPS) is 9.23. The Kier molecular flexibility index (Phi) is 2.66. The Hall–Kier alpha value is -1.81. The summed E-state index contributed by atoms with van der Waals surface area (Å²) in [6, 6.07) is 10.9. The van der Waals surface area contributed by atoms with Gasteiger partial charge >= 0.3 is 0 Å². The van der Waals surface area contributed by atoms with E-state index in [0.29, 0.717) is 0 Å². The molecule has 1 aromatic heterocycles. The highest BCUT2D eigenvalue weighted by Gasteiger charge is 1.96. The fourth-order valence-electron chi connectivity index (χ4n) is 1.10. The molecule has 68 valence electrons. The molecule has 0 aliphatic heterocycles. The van der Waals surface area contributed by atoms with Gasteiger partial charge in [-0.25, -0.2) is 4.68 Å². The van der Waals surface area contributed by atoms with Crippen molar-refractivity contribution >= 4 is 0 Å². The van der Waals surface area contributed by atoms with Crippen molar-refractivity contribution in [1.82, 2.24) is 9.78 Å². The van der Waals surface area contributed by atoms with Gasteiger partial charge in [0.05, 0.1) is 5.69 Å². The molecule has 1 heterocycles. The van der Waals surface area contributed by atoms with Crippen LogP contribution < -0.4 is 5.56 Å². The van der Waals surface area contributed by atoms with Gasteiger partial charge in [0.25, 0.3) is 5.56 Å². The molecule has 0 aliphatic rings. The van der Waals surface area contributed by atoms with Crippen LogP contribution in [0.4, 0.5) is 0 Å². The van der Waals surface area contributed by atoms with Crippen molar-refractivity contribution in [2.75, 3.05) is 0 Å². The number of nitrogens with zero attached hydrogens (tertiary/aromatic N) is 1. The van der Waals surface area contributed by atoms with Crippen LogP contribution in [0.25, 0.3) is 5.69 Å². The maximum atomic E-state index is 11.2. The molecule has 0 unspecified atom stereocenters. The Labute approximate surface area is 74.7 Å². The first-order valence-corrected chi connectivity index (χ1v) is 3.70. The molecule has 0 radical (unpaired) electrons. The first-order chi connectivity index (χ1) is 5.88. The average molecular weight is 178 g/mol. The standard InChI is InChI=1S/C9H8N2O.H2O/c12-9-6-7-10-11(9)8-4-2-1-3-5-8;/h1-7,10H;1H2. The smallest absolute Gasteiger partial charge is 0.271 e. The first kappa shape index (κ1) is 9.28. The lowest BCUT2D eigenvalue weighted by Gasteiger charge is -1.98. The van der Waals surface area contributed by atoms with Crippen LogP contribution in [-0.4, -0.2) is 15.3 Å². The van der Waals surface area contributed by atoms with Crippen LogP contribution >= 0.6 is 0 Å². The van der Waals surface area contributed by atoms with E-state index < -0.39 is 0 Å². The van der Waals surface area contributed by atoms with E-state index in [-0.39, 0.29) is 11.0 Å². The third-order valence-electron chi connectivity index (χ3n) is 1.66. The minimum atomic E-state index is -0.0406. The predicted octanol–water partition coefficient (Wildman–Crippen LogP) is 0.341. The van der Waals surface area contributed by atoms with Gasteiger partial charge in [-0.1, -0.05) is 18.2 Å². The maximum Gasteiger partial charge on any atom is 0.271 e. The van der Waals surface area contributed by atoms with Crippen LogP contribution in [0.1, 0.15) is 0 Å². The molecule has 13 heavy (non-hydrogen) atoms. The predicted molar refractivity (Wildman–Crippen MR) is 50.0 cm³/mol. The summed E-state index contributed by atoms with van der Waals surface area (Å²) in [4.78, 5) is 11.2. The van der Waals surface area contributed by atoms with E-state index in [1.54, 1.807) is 6.20 Å². The molecule has 0 bridgehead atoms. The molecule has 2 rings (SSSR count). The van der Waals surface area contributed by atoms with E-state index in [1.807, 2.05) is 30.3 Å². The largest absolute Gasteiger partial charge is 0.412 e. The van der Waals surface area contributed by atoms with Crippen molar-refractivity contribution < 1.29 is 5.48 Å². The Bertz CT molecular complexity index is 416. The molecule has 0 spiro atoms. The lowest BCUT2D eigenvalue weighted by molar-refractivity contribution is 0.824. The Balaban J connectivity index is 0.000000845. The van der Waals surface area contributed by atoms with E-state index in [9.17, 15) is 4.79 Å². The number of aromatic amines is 1. The second-order valence-corrected chi connectivity index (χ2v) is 2.47. The molecular weight excluding hydrogens is 168 g/mol. The van der Waals surface area contributed by atoms with Crippen molar-refractivity contribution in [2.24, 2.45) is 0 Å². The van der Waals surface area contributed by atoms with Crippen LogP contribution in [0.2, 0.25) is 0 Å². The van der Waals surface area contributed by atoms with Crippen LogP contribution in [0, 0.1) is 0 Å². The quantitative estimate of drug-likeness (QED) is 0.672. The van der Waals surface area contributed by atoms with E-state index >= 15 is 0 Å². The first-order valence-electron chi connectivity index (χ1n) is 3.70. The van der Waals surface area contributed by atoms with E-state index in [2.05, 4.69) is 5.10 Å². The molecule has 3 N–H and O–H groups in total. The van der Waals surface area contributed by atoms with Gasteiger partial charge in [0.15, 0.2) is 0 Å². The van der Waals surface area contributed by atoms with Crippen LogP contribution in [0.3, 0.4) is 0 Å². The number of nitrogens with one attached hydrogen (secondary N) is 1. The zero-order valence-electron chi connectivity index (χ0n) is 6.90. The minimum Gasteiger partial charge on any atom is -0.412 e. The summed E-state index contributed by atoms with van der Waals surface area (Å²) < 4.78 is 1.49. The number of hydrogen-bond acceptors (Lipinski definition) is 1. The molecule has 0 saturated carbocycles. The monoisotopic (exact) mass is 178 g/mol. The van der Waals surface area contributed by atoms with Gasteiger partial charge in [-0.2, -0.15) is 0 Å². The summed E-state index contributed by atoms with van der Waals surface area (Å²) in [5.74, 6) is 0. The number of aromatic nitrogens is 2. The molecule has 0 fully saturated rings. The molecule has 0 saturated heterocycles. The maximum absolute atomic E-state index is 11.2. The molecule has 4 nitrogen and oxygen atoms in total. The number of H-pyrrole nitrogens is 1. The Morgan fingerprint density at radius 2 is 1.77 bits per heavy atom. The van der Waals surface area contributed by atoms with Crippen LogP contribution in [0.5, 0.6) is 0 Å². The molecule has 2 aromatic rings. The van der Waals surface area contributed by atoms with Gasteiger partial charge in [0.1, 0.15) is 0 Å². The SMILES string of the molecule is O.O=c1cc[nH]n1-c1ccccc1. The molecule has 4 heteroatoms. The zero-order chi connectivity index (χ0) is 8.39. The second kappa shape index (κ2) is 3.73. The molecule has 0 aliphatic carbocycles. The zero-order valence-corrected chi connectivity index (χ0v) is 6.90. The summed E-state index contributed by atoms with van der Waals surface area (Å²) in [6.07, 6.45) is 1.62. The lowest BCUT2D eigenvalue weighted by Crippen LogP contribution is -2.12. The average Bonchev–Trinajstić information content (AvgIpc) is 2.53. The summed E-state index contributed by atoms with van der Waals surface area (Å²) in [5, 5.41) is 2.83. The van der Waals surface area contributed by atoms with E-state index in [1.165, 1.54) is 10.7 Å². The Morgan fingerprint density at radius 1 is 1.08 bits per heavy atom. The highest BCUT2D eigenvalue weighted by Crippen LogP contribution is 2.00. The van der Waals surface area contributed by atoms with Gasteiger partial charge in [0, 0.05) is 12.3 Å². The van der Waals surface area contributed by atoms with Crippen molar-refractivity contribution in [2.45, 2.75) is 0 Å². The molecular formula is C9H10N2O2. The van der Waals surface area contributed by atoms with Crippen molar-refractivity contribution in [3.8, 4) is 5.69 Å². The van der Waals surface area contributed by atoms with Crippen molar-refractivity contribution in [3.63, 3.8) is 0 Å². The fraction of sp³-hybridized carbons (Fsp3) is 0. The number of para-hydroxylation sites is 1. The van der Waals surface area contributed by atoms with Gasteiger partial charge in [-0.15, -0.1) is 0 Å². The summed E-state index contributed by atoms with van der Waals surface area (Å²) in [5.41, 5.74) is 0.814. The van der Waals surface area contributed by atoms with E-state index in [0.717, 1.165) is 5.69 Å². The molecule has 0 atom stereocenters. The Morgan fingerprint density at radius 3 is 2.31 bits per heavy atom. The van der Waals surface area contributed by atoms with Crippen LogP contribution in [0.15, 0.2) is 47.4 Å². The van der Waals surface area contributed by atoms with Gasteiger partial charge in [0.2, 0.25) is 0 Å². The highest BCUT2D eigenvalue weighted by molar-refractivity contribution is 5.29. The van der Waals surface area contributed by atoms with Crippen molar-refractivity contribution in [1.29, 1.82) is 0 Å². The number of rotatable bonds is 1. The third kappa shape index (κ3) is 1.68. The van der Waals surface area contributed by atoms with Gasteiger partial charge < -0.3 is 5.48 Å².